The Morgan fingerprint density at radius 2 is 1.84 bits per heavy atom. The highest BCUT2D eigenvalue weighted by Crippen LogP contribution is 2.41. The number of benzene rings is 2. The summed E-state index contributed by atoms with van der Waals surface area (Å²) in [4.78, 5) is 24.8. The molecule has 0 unspecified atom stereocenters. The van der Waals surface area contributed by atoms with E-state index in [0.717, 1.165) is 5.56 Å². The minimum absolute atomic E-state index is 0.0642. The summed E-state index contributed by atoms with van der Waals surface area (Å²) < 4.78 is 0. The molecule has 0 saturated heterocycles. The summed E-state index contributed by atoms with van der Waals surface area (Å²) >= 11 is 13.3. The van der Waals surface area contributed by atoms with Crippen LogP contribution < -0.4 is 10.6 Å². The molecule has 1 heterocycles. The molecule has 5 nitrogen and oxygen atoms in total. The van der Waals surface area contributed by atoms with Crippen molar-refractivity contribution in [1.29, 1.82) is 5.26 Å². The molecule has 31 heavy (non-hydrogen) atoms. The quantitative estimate of drug-likeness (QED) is 0.568. The molecule has 158 valence electrons. The van der Waals surface area contributed by atoms with E-state index in [4.69, 9.17) is 23.2 Å². The van der Waals surface area contributed by atoms with E-state index in [9.17, 15) is 14.9 Å². The summed E-state index contributed by atoms with van der Waals surface area (Å²) in [7, 11) is 0. The van der Waals surface area contributed by atoms with Gasteiger partial charge in [-0.2, -0.15) is 5.26 Å². The van der Waals surface area contributed by atoms with Crippen molar-refractivity contribution in [1.82, 2.24) is 5.32 Å². The van der Waals surface area contributed by atoms with Crippen LogP contribution in [-0.2, 0) is 9.59 Å². The number of anilines is 1. The topological polar surface area (TPSA) is 82.0 Å². The van der Waals surface area contributed by atoms with Gasteiger partial charge in [0.05, 0.1) is 39.1 Å². The first-order valence-electron chi connectivity index (χ1n) is 9.37. The predicted octanol–water partition coefficient (Wildman–Crippen LogP) is 5.65. The minimum Gasteiger partial charge on any atom is -0.353 e. The number of thioether (sulfide) groups is 1. The van der Waals surface area contributed by atoms with Gasteiger partial charge in [0.2, 0.25) is 5.91 Å². The van der Waals surface area contributed by atoms with Crippen molar-refractivity contribution in [3.63, 3.8) is 0 Å². The number of hydrogen-bond acceptors (Lipinski definition) is 5. The maximum atomic E-state index is 12.4. The molecule has 0 fully saturated rings. The van der Waals surface area contributed by atoms with Crippen LogP contribution in [0.5, 0.6) is 0 Å². The van der Waals surface area contributed by atoms with Crippen molar-refractivity contribution in [3.8, 4) is 6.07 Å². The molecule has 0 bridgehead atoms. The summed E-state index contributed by atoms with van der Waals surface area (Å²) in [6.45, 7) is 3.27. The van der Waals surface area contributed by atoms with Gasteiger partial charge in [-0.25, -0.2) is 0 Å². The summed E-state index contributed by atoms with van der Waals surface area (Å²) in [6, 6.07) is 16.3. The Bertz CT molecular complexity index is 1130. The number of carbonyl (C=O) groups is 2. The van der Waals surface area contributed by atoms with Crippen LogP contribution in [0.3, 0.4) is 0 Å². The molecule has 2 N–H and O–H groups in total. The fourth-order valence-electron chi connectivity index (χ4n) is 3.37. The average Bonchev–Trinajstić information content (AvgIpc) is 2.73. The van der Waals surface area contributed by atoms with E-state index in [0.29, 0.717) is 37.6 Å². The van der Waals surface area contributed by atoms with Gasteiger partial charge in [0.25, 0.3) is 0 Å². The number of rotatable bonds is 6. The molecule has 8 heteroatoms. The Kier molecular flexibility index (Phi) is 7.45. The molecule has 0 spiro atoms. The van der Waals surface area contributed by atoms with Crippen LogP contribution in [0, 0.1) is 11.3 Å². The molecule has 1 aliphatic rings. The van der Waals surface area contributed by atoms with Crippen molar-refractivity contribution in [2.24, 2.45) is 0 Å². The molecule has 3 rings (SSSR count). The second-order valence-corrected chi connectivity index (χ2v) is 8.70. The summed E-state index contributed by atoms with van der Waals surface area (Å²) in [5.74, 6) is -0.852. The number of nitrogens with zero attached hydrogens (tertiary/aromatic N) is 1. The third-order valence-corrected chi connectivity index (χ3v) is 6.32. The number of Topliss-reactive ketones (excluding diaryl/α,β-unsaturated/α-hetero) is 1. The lowest BCUT2D eigenvalue weighted by molar-refractivity contribution is -0.114. The smallest absolute Gasteiger partial charge is 0.234 e. The van der Waals surface area contributed by atoms with Gasteiger partial charge in [0, 0.05) is 16.3 Å². The van der Waals surface area contributed by atoms with Crippen LogP contribution in [0.25, 0.3) is 0 Å². The minimum atomic E-state index is -0.532. The highest BCUT2D eigenvalue weighted by molar-refractivity contribution is 8.03. The van der Waals surface area contributed by atoms with Gasteiger partial charge >= 0.3 is 0 Å². The van der Waals surface area contributed by atoms with Gasteiger partial charge in [0.1, 0.15) is 0 Å². The number of hydrogen-bond donors (Lipinski definition) is 2. The second-order valence-electron chi connectivity index (χ2n) is 6.88. The van der Waals surface area contributed by atoms with Crippen LogP contribution in [0.4, 0.5) is 5.69 Å². The SMILES string of the molecule is CC(=O)C1=C(C)NC(SCC(=O)Nc2ccccc2Cl)=C(C#N)[C@@H]1c1ccc(Cl)cc1. The number of amides is 1. The Morgan fingerprint density at radius 1 is 1.16 bits per heavy atom. The molecule has 1 atom stereocenters. The molecular weight excluding hydrogens is 453 g/mol. The number of dihydropyridines is 1. The van der Waals surface area contributed by atoms with Crippen molar-refractivity contribution < 1.29 is 9.59 Å². The molecule has 2 aromatic rings. The number of ketones is 1. The van der Waals surface area contributed by atoms with Crippen LogP contribution in [0.15, 0.2) is 70.4 Å². The second kappa shape index (κ2) is 10.1. The summed E-state index contributed by atoms with van der Waals surface area (Å²) in [5.41, 5.74) is 2.86. The van der Waals surface area contributed by atoms with Crippen LogP contribution >= 0.6 is 35.0 Å². The maximum Gasteiger partial charge on any atom is 0.234 e. The largest absolute Gasteiger partial charge is 0.353 e. The van der Waals surface area contributed by atoms with E-state index in [1.165, 1.54) is 18.7 Å². The maximum absolute atomic E-state index is 12.4. The molecule has 0 radical (unpaired) electrons. The molecule has 1 amide bonds. The number of allylic oxidation sites excluding steroid dienone is 3. The molecular formula is C23H19Cl2N3O2S. The van der Waals surface area contributed by atoms with Gasteiger partial charge in [-0.3, -0.25) is 9.59 Å². The number of carbonyl (C=O) groups excluding carboxylic acids is 2. The number of nitriles is 1. The van der Waals surface area contributed by atoms with Gasteiger partial charge < -0.3 is 10.6 Å². The number of nitrogens with one attached hydrogen (secondary N) is 2. The van der Waals surface area contributed by atoms with E-state index in [1.807, 2.05) is 0 Å². The van der Waals surface area contributed by atoms with Crippen molar-refractivity contribution in [3.05, 3.63) is 86.0 Å². The van der Waals surface area contributed by atoms with Crippen molar-refractivity contribution >= 4 is 52.3 Å². The Hall–Kier alpha value is -2.72. The zero-order chi connectivity index (χ0) is 22.5. The fourth-order valence-corrected chi connectivity index (χ4v) is 4.57. The summed E-state index contributed by atoms with van der Waals surface area (Å²) in [5, 5.41) is 17.4. The molecule has 0 aromatic heterocycles. The van der Waals surface area contributed by atoms with Crippen molar-refractivity contribution in [2.75, 3.05) is 11.1 Å². The first kappa shape index (κ1) is 23.0. The van der Waals surface area contributed by atoms with Crippen molar-refractivity contribution in [2.45, 2.75) is 19.8 Å². The third kappa shape index (κ3) is 5.31. The zero-order valence-electron chi connectivity index (χ0n) is 16.8. The van der Waals surface area contributed by atoms with Crippen LogP contribution in [0.1, 0.15) is 25.3 Å². The van der Waals surface area contributed by atoms with Gasteiger partial charge in [0.15, 0.2) is 5.78 Å². The van der Waals surface area contributed by atoms with Crippen LogP contribution in [-0.4, -0.2) is 17.4 Å². The fraction of sp³-hybridized carbons (Fsp3) is 0.174. The first-order chi connectivity index (χ1) is 14.8. The normalized spacial score (nSPS) is 15.9. The molecule has 2 aromatic carbocycles. The highest BCUT2D eigenvalue weighted by atomic mass is 35.5. The standard InChI is InChI=1S/C23H19Cl2N3O2S/c1-13-21(14(2)29)22(15-7-9-16(24)10-8-15)17(11-26)23(27-13)31-12-20(30)28-19-6-4-3-5-18(19)25/h3-10,22,27H,12H2,1-2H3,(H,28,30)/t22-/m0/s1. The molecule has 0 aliphatic carbocycles. The zero-order valence-corrected chi connectivity index (χ0v) is 19.2. The average molecular weight is 472 g/mol. The van der Waals surface area contributed by atoms with Gasteiger partial charge in [-0.15, -0.1) is 0 Å². The lowest BCUT2D eigenvalue weighted by atomic mass is 9.81. The predicted molar refractivity (Wildman–Crippen MR) is 126 cm³/mol. The molecule has 0 saturated carbocycles. The van der Waals surface area contributed by atoms with Gasteiger partial charge in [-0.1, -0.05) is 59.2 Å². The van der Waals surface area contributed by atoms with Crippen LogP contribution in [0.2, 0.25) is 10.0 Å². The molecule has 1 aliphatic heterocycles. The van der Waals surface area contributed by atoms with E-state index in [2.05, 4.69) is 16.7 Å². The summed E-state index contributed by atoms with van der Waals surface area (Å²) in [6.07, 6.45) is 0. The third-order valence-electron chi connectivity index (χ3n) is 4.73. The Morgan fingerprint density at radius 3 is 2.45 bits per heavy atom. The Labute approximate surface area is 195 Å². The van der Waals surface area contributed by atoms with E-state index < -0.39 is 5.92 Å². The lowest BCUT2D eigenvalue weighted by Crippen LogP contribution is -2.27. The number of para-hydroxylation sites is 1. The first-order valence-corrected chi connectivity index (χ1v) is 11.1. The van der Waals surface area contributed by atoms with E-state index in [-0.39, 0.29) is 17.4 Å². The number of halogens is 2. The highest BCUT2D eigenvalue weighted by Gasteiger charge is 2.33. The van der Waals surface area contributed by atoms with E-state index >= 15 is 0 Å². The lowest BCUT2D eigenvalue weighted by Gasteiger charge is -2.29. The van der Waals surface area contributed by atoms with Gasteiger partial charge in [-0.05, 0) is 43.7 Å². The monoisotopic (exact) mass is 471 g/mol. The van der Waals surface area contributed by atoms with E-state index in [1.54, 1.807) is 55.5 Å². The Balaban J connectivity index is 1.88.